The molecule has 3 rings (SSSR count). The maximum atomic E-state index is 12.5. The monoisotopic (exact) mass is 394 g/mol. The van der Waals surface area contributed by atoms with Gasteiger partial charge in [-0.1, -0.05) is 0 Å². The maximum Gasteiger partial charge on any atom is 0.409 e. The van der Waals surface area contributed by atoms with Gasteiger partial charge in [-0.2, -0.15) is 11.3 Å². The van der Waals surface area contributed by atoms with Crippen molar-refractivity contribution in [3.63, 3.8) is 0 Å². The Labute approximate surface area is 162 Å². The van der Waals surface area contributed by atoms with Gasteiger partial charge < -0.3 is 25.2 Å². The first-order valence-corrected chi connectivity index (χ1v) is 10.2. The molecule has 0 aromatic carbocycles. The average Bonchev–Trinajstić information content (AvgIpc) is 3.26. The summed E-state index contributed by atoms with van der Waals surface area (Å²) < 4.78 is 4.87. The van der Waals surface area contributed by atoms with Crippen molar-refractivity contribution < 1.29 is 19.1 Å². The SMILES string of the molecule is CN1C[C@@H](NC(=O)c2ccsc2)CC[C@@H](C(=O)NCCN2CCOC2=O)C1. The number of cyclic esters (lactones) is 1. The summed E-state index contributed by atoms with van der Waals surface area (Å²) in [5.74, 6) is -0.183. The zero-order valence-electron chi connectivity index (χ0n) is 15.5. The smallest absolute Gasteiger partial charge is 0.409 e. The summed E-state index contributed by atoms with van der Waals surface area (Å²) in [6.45, 7) is 3.26. The number of likely N-dealkylation sites (tertiary alicyclic amines) is 1. The summed E-state index contributed by atoms with van der Waals surface area (Å²) >= 11 is 1.50. The van der Waals surface area contributed by atoms with Crippen LogP contribution < -0.4 is 10.6 Å². The molecule has 0 bridgehead atoms. The molecule has 3 heterocycles. The lowest BCUT2D eigenvalue weighted by Gasteiger charge is -2.22. The van der Waals surface area contributed by atoms with Crippen molar-refractivity contribution in [3.05, 3.63) is 22.4 Å². The number of likely N-dealkylation sites (N-methyl/N-ethyl adjacent to an activating group) is 1. The fourth-order valence-corrected chi connectivity index (χ4v) is 4.13. The molecule has 2 atom stereocenters. The molecule has 8 nitrogen and oxygen atoms in total. The molecule has 1 aromatic heterocycles. The van der Waals surface area contributed by atoms with Gasteiger partial charge in [0, 0.05) is 43.2 Å². The van der Waals surface area contributed by atoms with E-state index in [1.54, 1.807) is 4.90 Å². The number of thiophene rings is 1. The second kappa shape index (κ2) is 9.18. The second-order valence-electron chi connectivity index (χ2n) is 7.07. The molecule has 2 fully saturated rings. The highest BCUT2D eigenvalue weighted by molar-refractivity contribution is 7.08. The Kier molecular flexibility index (Phi) is 6.68. The highest BCUT2D eigenvalue weighted by Gasteiger charge is 2.28. The van der Waals surface area contributed by atoms with Crippen LogP contribution in [0, 0.1) is 5.92 Å². The molecule has 2 aliphatic rings. The molecule has 3 amide bonds. The van der Waals surface area contributed by atoms with E-state index in [2.05, 4.69) is 15.5 Å². The fraction of sp³-hybridized carbons (Fsp3) is 0.611. The number of ether oxygens (including phenoxy) is 1. The average molecular weight is 394 g/mol. The van der Waals surface area contributed by atoms with Gasteiger partial charge in [0.25, 0.3) is 5.91 Å². The zero-order chi connectivity index (χ0) is 19.2. The van der Waals surface area contributed by atoms with Crippen LogP contribution in [0.15, 0.2) is 16.8 Å². The molecule has 2 N–H and O–H groups in total. The summed E-state index contributed by atoms with van der Waals surface area (Å²) in [7, 11) is 1.97. The highest BCUT2D eigenvalue weighted by atomic mass is 32.1. The number of rotatable bonds is 6. The number of amides is 3. The third-order valence-electron chi connectivity index (χ3n) is 4.94. The standard InChI is InChI=1S/C18H26N4O4S/c1-21-10-13(16(23)19-5-6-22-7-8-26-18(22)25)2-3-15(11-21)20-17(24)14-4-9-27-12-14/h4,9,12-13,15H,2-3,5-8,10-11H2,1H3,(H,19,23)(H,20,24)/t13-,15+/m1/s1. The van der Waals surface area contributed by atoms with Crippen molar-refractivity contribution in [1.29, 1.82) is 0 Å². The van der Waals surface area contributed by atoms with Crippen molar-refractivity contribution in [2.45, 2.75) is 18.9 Å². The minimum atomic E-state index is -0.317. The van der Waals surface area contributed by atoms with Crippen LogP contribution in [0.4, 0.5) is 4.79 Å². The van der Waals surface area contributed by atoms with Gasteiger partial charge in [-0.25, -0.2) is 4.79 Å². The molecular formula is C18H26N4O4S. The van der Waals surface area contributed by atoms with Gasteiger partial charge in [0.1, 0.15) is 6.61 Å². The molecule has 9 heteroatoms. The summed E-state index contributed by atoms with van der Waals surface area (Å²) in [5, 5.41) is 9.72. The quantitative estimate of drug-likeness (QED) is 0.743. The first-order valence-electron chi connectivity index (χ1n) is 9.24. The van der Waals surface area contributed by atoms with Crippen LogP contribution >= 0.6 is 11.3 Å². The van der Waals surface area contributed by atoms with Crippen molar-refractivity contribution in [1.82, 2.24) is 20.4 Å². The number of hydrogen-bond donors (Lipinski definition) is 2. The Balaban J connectivity index is 1.44. The Morgan fingerprint density at radius 2 is 2.19 bits per heavy atom. The van der Waals surface area contributed by atoms with E-state index in [4.69, 9.17) is 4.74 Å². The number of carbonyl (C=O) groups excluding carboxylic acids is 3. The van der Waals surface area contributed by atoms with Crippen LogP contribution in [0.2, 0.25) is 0 Å². The summed E-state index contributed by atoms with van der Waals surface area (Å²) in [6.07, 6.45) is 1.16. The molecule has 0 radical (unpaired) electrons. The van der Waals surface area contributed by atoms with Crippen molar-refractivity contribution >= 4 is 29.2 Å². The van der Waals surface area contributed by atoms with Gasteiger partial charge in [0.05, 0.1) is 12.5 Å². The molecule has 2 saturated heterocycles. The molecule has 1 aromatic rings. The molecule has 0 unspecified atom stereocenters. The van der Waals surface area contributed by atoms with E-state index in [1.165, 1.54) is 11.3 Å². The van der Waals surface area contributed by atoms with Gasteiger partial charge in [0.2, 0.25) is 5.91 Å². The molecule has 2 aliphatic heterocycles. The largest absolute Gasteiger partial charge is 0.448 e. The van der Waals surface area contributed by atoms with Gasteiger partial charge >= 0.3 is 6.09 Å². The first-order chi connectivity index (χ1) is 13.0. The maximum absolute atomic E-state index is 12.5. The van der Waals surface area contributed by atoms with Crippen LogP contribution in [-0.4, -0.2) is 80.1 Å². The van der Waals surface area contributed by atoms with Gasteiger partial charge in [0.15, 0.2) is 0 Å². The first kappa shape index (κ1) is 19.6. The van der Waals surface area contributed by atoms with Crippen LogP contribution in [0.3, 0.4) is 0 Å². The molecular weight excluding hydrogens is 368 g/mol. The normalized spacial score (nSPS) is 23.6. The van der Waals surface area contributed by atoms with E-state index in [-0.39, 0.29) is 29.9 Å². The summed E-state index contributed by atoms with van der Waals surface area (Å²) in [6, 6.07) is 1.84. The van der Waals surface area contributed by atoms with Crippen LogP contribution in [0.1, 0.15) is 23.2 Å². The minimum Gasteiger partial charge on any atom is -0.448 e. The zero-order valence-corrected chi connectivity index (χ0v) is 16.3. The Morgan fingerprint density at radius 1 is 1.33 bits per heavy atom. The molecule has 0 spiro atoms. The molecule has 148 valence electrons. The Hall–Kier alpha value is -2.13. The predicted octanol–water partition coefficient (Wildman–Crippen LogP) is 0.757. The Morgan fingerprint density at radius 3 is 2.89 bits per heavy atom. The Bertz CT molecular complexity index is 666. The van der Waals surface area contributed by atoms with E-state index in [0.29, 0.717) is 38.3 Å². The number of carbonyl (C=O) groups is 3. The predicted molar refractivity (Wildman–Crippen MR) is 102 cm³/mol. The van der Waals surface area contributed by atoms with E-state index in [1.807, 2.05) is 23.9 Å². The van der Waals surface area contributed by atoms with E-state index < -0.39 is 0 Å². The van der Waals surface area contributed by atoms with Gasteiger partial charge in [-0.3, -0.25) is 9.59 Å². The van der Waals surface area contributed by atoms with Crippen molar-refractivity contribution in [2.75, 3.05) is 46.4 Å². The van der Waals surface area contributed by atoms with E-state index in [0.717, 1.165) is 19.4 Å². The molecule has 0 saturated carbocycles. The minimum absolute atomic E-state index is 0.000717. The van der Waals surface area contributed by atoms with Crippen LogP contribution in [0.25, 0.3) is 0 Å². The van der Waals surface area contributed by atoms with Crippen molar-refractivity contribution in [2.24, 2.45) is 5.92 Å². The fourth-order valence-electron chi connectivity index (χ4n) is 3.49. The number of nitrogens with one attached hydrogen (secondary N) is 2. The highest BCUT2D eigenvalue weighted by Crippen LogP contribution is 2.17. The van der Waals surface area contributed by atoms with Gasteiger partial charge in [-0.15, -0.1) is 0 Å². The lowest BCUT2D eigenvalue weighted by molar-refractivity contribution is -0.125. The summed E-state index contributed by atoms with van der Waals surface area (Å²) in [5.41, 5.74) is 0.682. The third kappa shape index (κ3) is 5.43. The van der Waals surface area contributed by atoms with Crippen LogP contribution in [0.5, 0.6) is 0 Å². The third-order valence-corrected chi connectivity index (χ3v) is 5.63. The van der Waals surface area contributed by atoms with Gasteiger partial charge in [-0.05, 0) is 31.3 Å². The van der Waals surface area contributed by atoms with E-state index >= 15 is 0 Å². The number of hydrogen-bond acceptors (Lipinski definition) is 6. The van der Waals surface area contributed by atoms with E-state index in [9.17, 15) is 14.4 Å². The summed E-state index contributed by atoms with van der Waals surface area (Å²) in [4.78, 5) is 39.9. The molecule has 0 aliphatic carbocycles. The molecule has 27 heavy (non-hydrogen) atoms. The van der Waals surface area contributed by atoms with Crippen LogP contribution in [-0.2, 0) is 9.53 Å². The second-order valence-corrected chi connectivity index (χ2v) is 7.85. The lowest BCUT2D eigenvalue weighted by Crippen LogP contribution is -2.42. The number of nitrogens with zero attached hydrogens (tertiary/aromatic N) is 2. The topological polar surface area (TPSA) is 91.0 Å². The van der Waals surface area contributed by atoms with Crippen molar-refractivity contribution in [3.8, 4) is 0 Å². The lowest BCUT2D eigenvalue weighted by atomic mass is 10.0.